The summed E-state index contributed by atoms with van der Waals surface area (Å²) in [6.45, 7) is 0. The number of thiophene rings is 1. The first-order valence-corrected chi connectivity index (χ1v) is 5.22. The number of carbonyl (C=O) groups is 1. The summed E-state index contributed by atoms with van der Waals surface area (Å²) < 4.78 is 6.23. The van der Waals surface area contributed by atoms with E-state index in [9.17, 15) is 4.79 Å². The number of aromatic nitrogens is 1. The Kier molecular flexibility index (Phi) is 2.55. The minimum atomic E-state index is -0.131. The molecule has 0 unspecified atom stereocenters. The van der Waals surface area contributed by atoms with Crippen molar-refractivity contribution in [3.05, 3.63) is 23.3 Å². The SMILES string of the molecule is CNC(=O)c1sc2ccncc2c1OC. The van der Waals surface area contributed by atoms with E-state index in [1.807, 2.05) is 6.07 Å². The molecule has 0 fully saturated rings. The lowest BCUT2D eigenvalue weighted by atomic mass is 10.3. The molecule has 0 aliphatic heterocycles. The van der Waals surface area contributed by atoms with Crippen molar-refractivity contribution >= 4 is 27.3 Å². The van der Waals surface area contributed by atoms with Gasteiger partial charge in [0, 0.05) is 24.1 Å². The monoisotopic (exact) mass is 222 g/mol. The molecule has 2 aromatic rings. The number of nitrogens with zero attached hydrogens (tertiary/aromatic N) is 1. The third kappa shape index (κ3) is 1.55. The lowest BCUT2D eigenvalue weighted by Gasteiger charge is -2.00. The van der Waals surface area contributed by atoms with Gasteiger partial charge < -0.3 is 10.1 Å². The molecule has 0 spiro atoms. The zero-order valence-electron chi connectivity index (χ0n) is 8.40. The fourth-order valence-electron chi connectivity index (χ4n) is 1.39. The van der Waals surface area contributed by atoms with Gasteiger partial charge in [-0.1, -0.05) is 0 Å². The molecule has 2 aromatic heterocycles. The van der Waals surface area contributed by atoms with Crippen LogP contribution in [0.2, 0.25) is 0 Å². The minimum absolute atomic E-state index is 0.131. The molecular weight excluding hydrogens is 212 g/mol. The van der Waals surface area contributed by atoms with Crippen molar-refractivity contribution < 1.29 is 9.53 Å². The zero-order valence-corrected chi connectivity index (χ0v) is 9.22. The van der Waals surface area contributed by atoms with Crippen molar-refractivity contribution in [2.45, 2.75) is 0 Å². The number of methoxy groups -OCH3 is 1. The van der Waals surface area contributed by atoms with Crippen LogP contribution >= 0.6 is 11.3 Å². The molecule has 1 N–H and O–H groups in total. The van der Waals surface area contributed by atoms with E-state index < -0.39 is 0 Å². The van der Waals surface area contributed by atoms with Crippen molar-refractivity contribution in [2.24, 2.45) is 0 Å². The molecule has 4 nitrogen and oxygen atoms in total. The number of fused-ring (bicyclic) bond motifs is 1. The number of amides is 1. The molecule has 0 aliphatic rings. The van der Waals surface area contributed by atoms with Gasteiger partial charge in [-0.2, -0.15) is 0 Å². The summed E-state index contributed by atoms with van der Waals surface area (Å²) in [5.74, 6) is 0.468. The van der Waals surface area contributed by atoms with Gasteiger partial charge in [0.2, 0.25) is 0 Å². The average Bonchev–Trinajstić information content (AvgIpc) is 2.66. The van der Waals surface area contributed by atoms with Crippen LogP contribution in [0.25, 0.3) is 10.1 Å². The third-order valence-corrected chi connectivity index (χ3v) is 3.23. The highest BCUT2D eigenvalue weighted by molar-refractivity contribution is 7.21. The molecule has 1 amide bonds. The van der Waals surface area contributed by atoms with Crippen LogP contribution in [0.4, 0.5) is 0 Å². The quantitative estimate of drug-likeness (QED) is 0.840. The number of nitrogens with one attached hydrogen (secondary N) is 1. The lowest BCUT2D eigenvalue weighted by molar-refractivity contribution is 0.0964. The van der Waals surface area contributed by atoms with Crippen molar-refractivity contribution in [1.29, 1.82) is 0 Å². The molecule has 0 aromatic carbocycles. The second kappa shape index (κ2) is 3.86. The molecule has 0 saturated carbocycles. The fraction of sp³-hybridized carbons (Fsp3) is 0.200. The number of carbonyl (C=O) groups excluding carboxylic acids is 1. The van der Waals surface area contributed by atoms with Gasteiger partial charge in [-0.15, -0.1) is 11.3 Å². The highest BCUT2D eigenvalue weighted by Crippen LogP contribution is 2.36. The summed E-state index contributed by atoms with van der Waals surface area (Å²) in [6.07, 6.45) is 3.41. The molecule has 2 rings (SSSR count). The summed E-state index contributed by atoms with van der Waals surface area (Å²) in [5, 5.41) is 3.47. The maximum atomic E-state index is 11.6. The van der Waals surface area contributed by atoms with Gasteiger partial charge in [-0.25, -0.2) is 0 Å². The molecule has 0 radical (unpaired) electrons. The topological polar surface area (TPSA) is 51.2 Å². The van der Waals surface area contributed by atoms with Gasteiger partial charge in [0.1, 0.15) is 4.88 Å². The van der Waals surface area contributed by atoms with E-state index in [-0.39, 0.29) is 5.91 Å². The van der Waals surface area contributed by atoms with Gasteiger partial charge in [-0.3, -0.25) is 9.78 Å². The minimum Gasteiger partial charge on any atom is -0.494 e. The Morgan fingerprint density at radius 1 is 1.60 bits per heavy atom. The molecule has 5 heteroatoms. The van der Waals surface area contributed by atoms with E-state index in [1.54, 1.807) is 26.6 Å². The van der Waals surface area contributed by atoms with Crippen LogP contribution in [0.1, 0.15) is 9.67 Å². The average molecular weight is 222 g/mol. The first-order valence-electron chi connectivity index (χ1n) is 4.40. The molecule has 0 saturated heterocycles. The fourth-order valence-corrected chi connectivity index (χ4v) is 2.47. The first-order chi connectivity index (χ1) is 7.27. The number of ether oxygens (including phenoxy) is 1. The second-order valence-corrected chi connectivity index (χ2v) is 3.97. The normalized spacial score (nSPS) is 10.3. The largest absolute Gasteiger partial charge is 0.494 e. The van der Waals surface area contributed by atoms with Crippen LogP contribution in [-0.4, -0.2) is 25.0 Å². The summed E-state index contributed by atoms with van der Waals surface area (Å²) in [7, 11) is 3.16. The van der Waals surface area contributed by atoms with E-state index in [1.165, 1.54) is 11.3 Å². The van der Waals surface area contributed by atoms with E-state index in [4.69, 9.17) is 4.74 Å². The first kappa shape index (κ1) is 9.92. The van der Waals surface area contributed by atoms with Crippen molar-refractivity contribution in [2.75, 3.05) is 14.2 Å². The predicted octanol–water partition coefficient (Wildman–Crippen LogP) is 1.66. The summed E-state index contributed by atoms with van der Waals surface area (Å²) in [6, 6.07) is 1.87. The Bertz CT molecular complexity index is 507. The highest BCUT2D eigenvalue weighted by atomic mass is 32.1. The second-order valence-electron chi connectivity index (χ2n) is 2.92. The van der Waals surface area contributed by atoms with E-state index >= 15 is 0 Å². The molecular formula is C10H10N2O2S. The van der Waals surface area contributed by atoms with Gasteiger partial charge in [0.15, 0.2) is 5.75 Å². The van der Waals surface area contributed by atoms with Crippen LogP contribution in [0.15, 0.2) is 18.5 Å². The molecule has 78 valence electrons. The van der Waals surface area contributed by atoms with Crippen LogP contribution in [-0.2, 0) is 0 Å². The van der Waals surface area contributed by atoms with E-state index in [0.717, 1.165) is 10.1 Å². The summed E-state index contributed by atoms with van der Waals surface area (Å²) >= 11 is 1.40. The molecule has 15 heavy (non-hydrogen) atoms. The Balaban J connectivity index is 2.69. The van der Waals surface area contributed by atoms with Crippen molar-refractivity contribution in [3.8, 4) is 5.75 Å². The molecule has 2 heterocycles. The Hall–Kier alpha value is -1.62. The third-order valence-electron chi connectivity index (χ3n) is 2.08. The van der Waals surface area contributed by atoms with Crippen molar-refractivity contribution in [3.63, 3.8) is 0 Å². The number of hydrogen-bond acceptors (Lipinski definition) is 4. The molecule has 0 atom stereocenters. The Morgan fingerprint density at radius 2 is 2.40 bits per heavy atom. The maximum Gasteiger partial charge on any atom is 0.264 e. The van der Waals surface area contributed by atoms with Gasteiger partial charge in [-0.05, 0) is 6.07 Å². The number of hydrogen-bond donors (Lipinski definition) is 1. The summed E-state index contributed by atoms with van der Waals surface area (Å²) in [4.78, 5) is 16.2. The highest BCUT2D eigenvalue weighted by Gasteiger charge is 2.17. The van der Waals surface area contributed by atoms with Gasteiger partial charge in [0.25, 0.3) is 5.91 Å². The van der Waals surface area contributed by atoms with Gasteiger partial charge >= 0.3 is 0 Å². The van der Waals surface area contributed by atoms with Crippen LogP contribution in [0.5, 0.6) is 5.75 Å². The molecule has 0 aliphatic carbocycles. The van der Waals surface area contributed by atoms with E-state index in [0.29, 0.717) is 10.6 Å². The maximum absolute atomic E-state index is 11.6. The number of pyridine rings is 1. The number of rotatable bonds is 2. The predicted molar refractivity (Wildman–Crippen MR) is 59.6 cm³/mol. The Morgan fingerprint density at radius 3 is 3.07 bits per heavy atom. The lowest BCUT2D eigenvalue weighted by Crippen LogP contribution is -2.16. The summed E-state index contributed by atoms with van der Waals surface area (Å²) in [5.41, 5.74) is 0. The van der Waals surface area contributed by atoms with Crippen LogP contribution < -0.4 is 10.1 Å². The molecule has 0 bridgehead atoms. The van der Waals surface area contributed by atoms with Gasteiger partial charge in [0.05, 0.1) is 12.5 Å². The smallest absolute Gasteiger partial charge is 0.264 e. The van der Waals surface area contributed by atoms with Crippen molar-refractivity contribution in [1.82, 2.24) is 10.3 Å². The van der Waals surface area contributed by atoms with Crippen LogP contribution in [0.3, 0.4) is 0 Å². The zero-order chi connectivity index (χ0) is 10.8. The van der Waals surface area contributed by atoms with E-state index in [2.05, 4.69) is 10.3 Å². The standard InChI is InChI=1S/C10H10N2O2S/c1-11-10(13)9-8(14-2)6-5-12-4-3-7(6)15-9/h3-5H,1-2H3,(H,11,13). The Labute approximate surface area is 90.9 Å². The van der Waals surface area contributed by atoms with Crippen LogP contribution in [0, 0.1) is 0 Å².